The van der Waals surface area contributed by atoms with E-state index in [0.29, 0.717) is 0 Å². The van der Waals surface area contributed by atoms with Crippen molar-refractivity contribution in [2.75, 3.05) is 44.2 Å². The fourth-order valence-electron chi connectivity index (χ4n) is 3.30. The summed E-state index contributed by atoms with van der Waals surface area (Å²) in [7, 11) is -6.55. The summed E-state index contributed by atoms with van der Waals surface area (Å²) < 4.78 is 43.0. The van der Waals surface area contributed by atoms with Crippen LogP contribution in [-0.4, -0.2) is 66.0 Å². The van der Waals surface area contributed by atoms with Gasteiger partial charge in [0, 0.05) is 6.54 Å². The average Bonchev–Trinajstić information content (AvgIpc) is 2.45. The summed E-state index contributed by atoms with van der Waals surface area (Å²) in [6.07, 6.45) is 4.12. The van der Waals surface area contributed by atoms with E-state index in [1.54, 1.807) is 0 Å². The fourth-order valence-corrected chi connectivity index (χ4v) is 5.17. The number of likely N-dealkylation sites (tertiary alicyclic amines) is 1. The standard InChI is InChI=1S/C8H18N2O2S.C6H14N2O2S/c1-2-10-5-3-4-8(6-10)7-13(9,11)12;7-11(9,10)5-6-2-1-3-8-4-6/h8H,2-7H2,1H3,(H2,9,11,12);6,8H,1-5H2,(H2,7,9,10). The van der Waals surface area contributed by atoms with Crippen molar-refractivity contribution in [1.29, 1.82) is 0 Å². The summed E-state index contributed by atoms with van der Waals surface area (Å²) in [4.78, 5) is 2.28. The van der Waals surface area contributed by atoms with Crippen LogP contribution in [0.1, 0.15) is 32.6 Å². The molecule has 0 amide bonds. The zero-order valence-corrected chi connectivity index (χ0v) is 16.1. The van der Waals surface area contributed by atoms with Gasteiger partial charge in [0.1, 0.15) is 0 Å². The van der Waals surface area contributed by atoms with Gasteiger partial charge in [-0.2, -0.15) is 0 Å². The van der Waals surface area contributed by atoms with Crippen LogP contribution in [0.3, 0.4) is 0 Å². The van der Waals surface area contributed by atoms with Crippen LogP contribution < -0.4 is 15.6 Å². The lowest BCUT2D eigenvalue weighted by Gasteiger charge is -2.31. The molecule has 2 rings (SSSR count). The first-order valence-corrected chi connectivity index (χ1v) is 12.0. The second-order valence-electron chi connectivity index (χ2n) is 6.77. The number of piperidine rings is 2. The van der Waals surface area contributed by atoms with Crippen molar-refractivity contribution in [2.45, 2.75) is 32.6 Å². The normalized spacial score (nSPS) is 26.5. The molecule has 8 nitrogen and oxygen atoms in total. The van der Waals surface area contributed by atoms with Crippen molar-refractivity contribution in [3.05, 3.63) is 0 Å². The Morgan fingerprint density at radius 1 is 1.00 bits per heavy atom. The molecule has 2 unspecified atom stereocenters. The van der Waals surface area contributed by atoms with E-state index < -0.39 is 20.0 Å². The smallest absolute Gasteiger partial charge is 0.209 e. The minimum atomic E-state index is -3.28. The van der Waals surface area contributed by atoms with Gasteiger partial charge in [-0.3, -0.25) is 0 Å². The lowest BCUT2D eigenvalue weighted by molar-refractivity contribution is 0.194. The van der Waals surface area contributed by atoms with E-state index in [0.717, 1.165) is 58.4 Å². The van der Waals surface area contributed by atoms with Crippen LogP contribution >= 0.6 is 0 Å². The first-order chi connectivity index (χ1) is 11.1. The van der Waals surface area contributed by atoms with Crippen molar-refractivity contribution < 1.29 is 16.8 Å². The third-order valence-electron chi connectivity index (χ3n) is 4.39. The Balaban J connectivity index is 0.000000243. The Hall–Kier alpha value is -0.260. The topological polar surface area (TPSA) is 136 Å². The second kappa shape index (κ2) is 10.0. The SMILES string of the molecule is CCN1CCCC(CS(N)(=O)=O)C1.NS(=O)(=O)CC1CCCNC1. The maximum absolute atomic E-state index is 10.9. The monoisotopic (exact) mass is 384 g/mol. The Morgan fingerprint density at radius 2 is 1.58 bits per heavy atom. The maximum atomic E-state index is 10.9. The molecule has 0 aromatic carbocycles. The summed E-state index contributed by atoms with van der Waals surface area (Å²) in [5.74, 6) is 0.728. The van der Waals surface area contributed by atoms with Crippen LogP contribution in [-0.2, 0) is 20.0 Å². The highest BCUT2D eigenvalue weighted by molar-refractivity contribution is 7.89. The van der Waals surface area contributed by atoms with Gasteiger partial charge in [-0.1, -0.05) is 6.92 Å². The fraction of sp³-hybridized carbons (Fsp3) is 1.00. The lowest BCUT2D eigenvalue weighted by atomic mass is 10.0. The first kappa shape index (κ1) is 21.8. The summed E-state index contributed by atoms with van der Waals surface area (Å²) >= 11 is 0. The molecule has 0 bridgehead atoms. The van der Waals surface area contributed by atoms with Crippen LogP contribution in [0.2, 0.25) is 0 Å². The highest BCUT2D eigenvalue weighted by Crippen LogP contribution is 2.16. The van der Waals surface area contributed by atoms with E-state index in [9.17, 15) is 16.8 Å². The van der Waals surface area contributed by atoms with E-state index in [-0.39, 0.29) is 23.3 Å². The molecule has 10 heteroatoms. The van der Waals surface area contributed by atoms with Crippen LogP contribution in [0, 0.1) is 11.8 Å². The van der Waals surface area contributed by atoms with Crippen molar-refractivity contribution in [3.8, 4) is 0 Å². The molecule has 0 aromatic heterocycles. The van der Waals surface area contributed by atoms with Gasteiger partial charge in [0.15, 0.2) is 0 Å². The van der Waals surface area contributed by atoms with Gasteiger partial charge in [-0.05, 0) is 63.7 Å². The van der Waals surface area contributed by atoms with E-state index in [1.165, 1.54) is 0 Å². The largest absolute Gasteiger partial charge is 0.316 e. The van der Waals surface area contributed by atoms with Gasteiger partial charge in [0.25, 0.3) is 0 Å². The van der Waals surface area contributed by atoms with Gasteiger partial charge >= 0.3 is 0 Å². The molecule has 2 heterocycles. The summed E-state index contributed by atoms with van der Waals surface area (Å²) in [6.45, 7) is 6.86. The Kier molecular flexibility index (Phi) is 9.10. The Labute approximate surface area is 146 Å². The second-order valence-corrected chi connectivity index (χ2v) is 10.1. The quantitative estimate of drug-likeness (QED) is 0.572. The highest BCUT2D eigenvalue weighted by atomic mass is 32.2. The van der Waals surface area contributed by atoms with Gasteiger partial charge in [0.05, 0.1) is 11.5 Å². The average molecular weight is 385 g/mol. The zero-order chi connectivity index (χ0) is 18.2. The molecule has 24 heavy (non-hydrogen) atoms. The molecule has 144 valence electrons. The first-order valence-electron chi connectivity index (χ1n) is 8.53. The molecule has 5 N–H and O–H groups in total. The van der Waals surface area contributed by atoms with Crippen molar-refractivity contribution in [1.82, 2.24) is 10.2 Å². The van der Waals surface area contributed by atoms with Gasteiger partial charge < -0.3 is 10.2 Å². The summed E-state index contributed by atoms with van der Waals surface area (Å²) in [5.41, 5.74) is 0. The van der Waals surface area contributed by atoms with Crippen LogP contribution in [0.25, 0.3) is 0 Å². The van der Waals surface area contributed by atoms with Crippen LogP contribution in [0.5, 0.6) is 0 Å². The Morgan fingerprint density at radius 3 is 2.08 bits per heavy atom. The molecule has 2 aliphatic heterocycles. The highest BCUT2D eigenvalue weighted by Gasteiger charge is 2.22. The predicted molar refractivity (Wildman–Crippen MR) is 96.4 cm³/mol. The Bertz CT molecular complexity index is 559. The number of rotatable bonds is 5. The minimum Gasteiger partial charge on any atom is -0.316 e. The number of nitrogens with zero attached hydrogens (tertiary/aromatic N) is 1. The van der Waals surface area contributed by atoms with E-state index in [1.807, 2.05) is 0 Å². The van der Waals surface area contributed by atoms with E-state index in [4.69, 9.17) is 10.3 Å². The van der Waals surface area contributed by atoms with E-state index >= 15 is 0 Å². The van der Waals surface area contributed by atoms with Crippen molar-refractivity contribution >= 4 is 20.0 Å². The molecular weight excluding hydrogens is 352 g/mol. The molecule has 2 fully saturated rings. The lowest BCUT2D eigenvalue weighted by Crippen LogP contribution is -2.39. The van der Waals surface area contributed by atoms with Crippen LogP contribution in [0.15, 0.2) is 0 Å². The third kappa shape index (κ3) is 10.6. The molecule has 0 saturated carbocycles. The molecule has 0 radical (unpaired) electrons. The predicted octanol–water partition coefficient (Wildman–Crippen LogP) is -0.719. The zero-order valence-electron chi connectivity index (χ0n) is 14.5. The molecule has 0 aliphatic carbocycles. The van der Waals surface area contributed by atoms with Crippen molar-refractivity contribution in [2.24, 2.45) is 22.1 Å². The number of hydrogen-bond acceptors (Lipinski definition) is 6. The molecule has 2 atom stereocenters. The van der Waals surface area contributed by atoms with Crippen LogP contribution in [0.4, 0.5) is 0 Å². The summed E-state index contributed by atoms with van der Waals surface area (Å²) in [6, 6.07) is 0. The number of nitrogens with one attached hydrogen (secondary N) is 1. The van der Waals surface area contributed by atoms with Gasteiger partial charge in [-0.15, -0.1) is 0 Å². The molecule has 0 spiro atoms. The number of primary sulfonamides is 2. The van der Waals surface area contributed by atoms with Gasteiger partial charge in [-0.25, -0.2) is 27.1 Å². The number of sulfonamides is 2. The summed E-state index contributed by atoms with van der Waals surface area (Å²) in [5, 5.41) is 13.1. The minimum absolute atomic E-state index is 0.125. The van der Waals surface area contributed by atoms with Gasteiger partial charge in [0.2, 0.25) is 20.0 Å². The third-order valence-corrected chi connectivity index (χ3v) is 6.26. The molecular formula is C14H32N4O4S2. The molecule has 0 aromatic rings. The van der Waals surface area contributed by atoms with E-state index in [2.05, 4.69) is 17.1 Å². The van der Waals surface area contributed by atoms with Crippen molar-refractivity contribution in [3.63, 3.8) is 0 Å². The number of hydrogen-bond donors (Lipinski definition) is 3. The molecule has 2 aliphatic rings. The maximum Gasteiger partial charge on any atom is 0.209 e. The molecule has 2 saturated heterocycles. The number of nitrogens with two attached hydrogens (primary N) is 2.